The molecule has 2 rings (SSSR count). The van der Waals surface area contributed by atoms with Gasteiger partial charge in [0.15, 0.2) is 5.13 Å². The number of hydrogen-bond donors (Lipinski definition) is 2. The van der Waals surface area contributed by atoms with E-state index in [1.807, 2.05) is 12.3 Å². The summed E-state index contributed by atoms with van der Waals surface area (Å²) in [6, 6.07) is 1.71. The van der Waals surface area contributed by atoms with Gasteiger partial charge >= 0.3 is 5.97 Å². The van der Waals surface area contributed by atoms with Crippen LogP contribution in [0.2, 0.25) is 0 Å². The van der Waals surface area contributed by atoms with Crippen LogP contribution in [0.1, 0.15) is 34.7 Å². The fourth-order valence-electron chi connectivity index (χ4n) is 1.88. The highest BCUT2D eigenvalue weighted by Crippen LogP contribution is 2.18. The van der Waals surface area contributed by atoms with Crippen molar-refractivity contribution in [2.24, 2.45) is 7.05 Å². The molecule has 0 aliphatic carbocycles. The standard InChI is InChI=1S/C13H16N4O3S/c1-8-6-10(17(2)16-8)12(20)15-13-14-9(7-21-13)4-3-5-11(18)19/h6-7H,3-5H2,1-2H3,(H,18,19)(H,14,15,20). The number of aryl methyl sites for hydroxylation is 3. The molecule has 0 fully saturated rings. The van der Waals surface area contributed by atoms with Crippen LogP contribution in [0, 0.1) is 6.92 Å². The highest BCUT2D eigenvalue weighted by atomic mass is 32.1. The molecule has 0 saturated carbocycles. The van der Waals surface area contributed by atoms with Gasteiger partial charge in [-0.3, -0.25) is 19.6 Å². The molecule has 0 saturated heterocycles. The molecule has 0 atom stereocenters. The van der Waals surface area contributed by atoms with E-state index in [-0.39, 0.29) is 12.3 Å². The summed E-state index contributed by atoms with van der Waals surface area (Å²) in [6.07, 6.45) is 1.24. The number of rotatable bonds is 6. The van der Waals surface area contributed by atoms with Gasteiger partial charge in [-0.25, -0.2) is 4.98 Å². The number of amides is 1. The molecule has 0 aliphatic heterocycles. The SMILES string of the molecule is Cc1cc(C(=O)Nc2nc(CCCC(=O)O)cs2)n(C)n1. The van der Waals surface area contributed by atoms with E-state index in [4.69, 9.17) is 5.11 Å². The number of aromatic nitrogens is 3. The van der Waals surface area contributed by atoms with Crippen LogP contribution in [0.15, 0.2) is 11.4 Å². The van der Waals surface area contributed by atoms with E-state index in [0.29, 0.717) is 23.7 Å². The third-order valence-corrected chi connectivity index (χ3v) is 3.64. The maximum absolute atomic E-state index is 12.1. The van der Waals surface area contributed by atoms with Crippen molar-refractivity contribution in [2.75, 3.05) is 5.32 Å². The summed E-state index contributed by atoms with van der Waals surface area (Å²) in [5.41, 5.74) is 2.03. The molecule has 2 heterocycles. The van der Waals surface area contributed by atoms with Crippen molar-refractivity contribution in [3.63, 3.8) is 0 Å². The summed E-state index contributed by atoms with van der Waals surface area (Å²) >= 11 is 1.32. The number of nitrogens with zero attached hydrogens (tertiary/aromatic N) is 3. The van der Waals surface area contributed by atoms with Gasteiger partial charge in [0.2, 0.25) is 0 Å². The third-order valence-electron chi connectivity index (χ3n) is 2.83. The van der Waals surface area contributed by atoms with Crippen molar-refractivity contribution in [1.29, 1.82) is 0 Å². The molecule has 0 aromatic carbocycles. The first kappa shape index (κ1) is 15.2. The number of carbonyl (C=O) groups is 2. The molecule has 0 bridgehead atoms. The summed E-state index contributed by atoms with van der Waals surface area (Å²) in [4.78, 5) is 26.8. The largest absolute Gasteiger partial charge is 0.481 e. The summed E-state index contributed by atoms with van der Waals surface area (Å²) in [7, 11) is 1.71. The molecule has 112 valence electrons. The van der Waals surface area contributed by atoms with Crippen molar-refractivity contribution in [1.82, 2.24) is 14.8 Å². The maximum atomic E-state index is 12.1. The predicted molar refractivity (Wildman–Crippen MR) is 78.6 cm³/mol. The summed E-state index contributed by atoms with van der Waals surface area (Å²) in [5, 5.41) is 17.8. The Bertz CT molecular complexity index is 662. The molecule has 8 heteroatoms. The lowest BCUT2D eigenvalue weighted by Crippen LogP contribution is -2.15. The van der Waals surface area contributed by atoms with Crippen LogP contribution in [0.3, 0.4) is 0 Å². The summed E-state index contributed by atoms with van der Waals surface area (Å²) in [5.74, 6) is -1.07. The first-order chi connectivity index (χ1) is 9.95. The van der Waals surface area contributed by atoms with Gasteiger partial charge in [-0.2, -0.15) is 5.10 Å². The molecule has 1 amide bonds. The van der Waals surface area contributed by atoms with Gasteiger partial charge in [0.05, 0.1) is 11.4 Å². The average molecular weight is 308 g/mol. The van der Waals surface area contributed by atoms with Crippen molar-refractivity contribution < 1.29 is 14.7 Å². The second-order valence-corrected chi connectivity index (χ2v) is 5.50. The molecule has 0 spiro atoms. The third kappa shape index (κ3) is 4.12. The van der Waals surface area contributed by atoms with Gasteiger partial charge in [-0.05, 0) is 25.8 Å². The van der Waals surface area contributed by atoms with Crippen molar-refractivity contribution in [3.05, 3.63) is 28.5 Å². The second-order valence-electron chi connectivity index (χ2n) is 4.64. The normalized spacial score (nSPS) is 10.6. The van der Waals surface area contributed by atoms with Crippen LogP contribution in [0.4, 0.5) is 5.13 Å². The lowest BCUT2D eigenvalue weighted by molar-refractivity contribution is -0.137. The zero-order valence-electron chi connectivity index (χ0n) is 11.8. The first-order valence-electron chi connectivity index (χ1n) is 6.44. The minimum absolute atomic E-state index is 0.119. The smallest absolute Gasteiger partial charge is 0.303 e. The highest BCUT2D eigenvalue weighted by molar-refractivity contribution is 7.13. The Morgan fingerprint density at radius 1 is 1.48 bits per heavy atom. The minimum Gasteiger partial charge on any atom is -0.481 e. The van der Waals surface area contributed by atoms with Gasteiger partial charge < -0.3 is 5.11 Å². The number of carbonyl (C=O) groups excluding carboxylic acids is 1. The van der Waals surface area contributed by atoms with E-state index in [2.05, 4.69) is 15.4 Å². The monoisotopic (exact) mass is 308 g/mol. The average Bonchev–Trinajstić information content (AvgIpc) is 2.95. The fourth-order valence-corrected chi connectivity index (χ4v) is 2.62. The van der Waals surface area contributed by atoms with Gasteiger partial charge in [0.25, 0.3) is 5.91 Å². The Labute approximate surface area is 125 Å². The van der Waals surface area contributed by atoms with Crippen LogP contribution in [0.25, 0.3) is 0 Å². The van der Waals surface area contributed by atoms with E-state index < -0.39 is 5.97 Å². The molecule has 0 radical (unpaired) electrons. The molecule has 0 aliphatic rings. The topological polar surface area (TPSA) is 97.1 Å². The van der Waals surface area contributed by atoms with Crippen LogP contribution < -0.4 is 5.32 Å². The van der Waals surface area contributed by atoms with Crippen LogP contribution in [0.5, 0.6) is 0 Å². The zero-order valence-corrected chi connectivity index (χ0v) is 12.6. The number of hydrogen-bond acceptors (Lipinski definition) is 5. The Morgan fingerprint density at radius 3 is 2.86 bits per heavy atom. The van der Waals surface area contributed by atoms with Crippen LogP contribution >= 0.6 is 11.3 Å². The molecule has 21 heavy (non-hydrogen) atoms. The number of thiazole rings is 1. The second kappa shape index (κ2) is 6.49. The lowest BCUT2D eigenvalue weighted by Gasteiger charge is -2.01. The molecule has 7 nitrogen and oxygen atoms in total. The Kier molecular flexibility index (Phi) is 4.69. The maximum Gasteiger partial charge on any atom is 0.303 e. The highest BCUT2D eigenvalue weighted by Gasteiger charge is 2.13. The number of carboxylic acids is 1. The van der Waals surface area contributed by atoms with Crippen LogP contribution in [-0.2, 0) is 18.3 Å². The Morgan fingerprint density at radius 2 is 2.24 bits per heavy atom. The first-order valence-corrected chi connectivity index (χ1v) is 7.32. The quantitative estimate of drug-likeness (QED) is 0.848. The number of nitrogens with one attached hydrogen (secondary N) is 1. The molecule has 2 aromatic heterocycles. The van der Waals surface area contributed by atoms with Crippen molar-refractivity contribution in [2.45, 2.75) is 26.2 Å². The van der Waals surface area contributed by atoms with E-state index >= 15 is 0 Å². The number of aliphatic carboxylic acids is 1. The molecular weight excluding hydrogens is 292 g/mol. The number of carboxylic acid groups (broad SMARTS) is 1. The van der Waals surface area contributed by atoms with Crippen molar-refractivity contribution in [3.8, 4) is 0 Å². The molecule has 0 unspecified atom stereocenters. The van der Waals surface area contributed by atoms with Gasteiger partial charge in [0.1, 0.15) is 5.69 Å². The van der Waals surface area contributed by atoms with Gasteiger partial charge in [-0.15, -0.1) is 11.3 Å². The van der Waals surface area contributed by atoms with E-state index in [1.54, 1.807) is 13.1 Å². The summed E-state index contributed by atoms with van der Waals surface area (Å²) < 4.78 is 1.52. The van der Waals surface area contributed by atoms with Crippen LogP contribution in [-0.4, -0.2) is 31.7 Å². The fraction of sp³-hybridized carbons (Fsp3) is 0.385. The Balaban J connectivity index is 1.94. The van der Waals surface area contributed by atoms with E-state index in [1.165, 1.54) is 16.0 Å². The van der Waals surface area contributed by atoms with Gasteiger partial charge in [0, 0.05) is 18.8 Å². The van der Waals surface area contributed by atoms with E-state index in [9.17, 15) is 9.59 Å². The molecular formula is C13H16N4O3S. The van der Waals surface area contributed by atoms with Gasteiger partial charge in [-0.1, -0.05) is 0 Å². The van der Waals surface area contributed by atoms with E-state index in [0.717, 1.165) is 11.4 Å². The molecule has 2 N–H and O–H groups in total. The number of anilines is 1. The minimum atomic E-state index is -0.815. The lowest BCUT2D eigenvalue weighted by atomic mass is 10.2. The summed E-state index contributed by atoms with van der Waals surface area (Å²) in [6.45, 7) is 1.82. The zero-order chi connectivity index (χ0) is 15.4. The Hall–Kier alpha value is -2.22. The molecule has 2 aromatic rings. The predicted octanol–water partition coefficient (Wildman–Crippen LogP) is 1.84. The van der Waals surface area contributed by atoms with Crippen molar-refractivity contribution >= 4 is 28.3 Å².